The molecule has 2 atom stereocenters. The molecule has 1 fully saturated rings. The average Bonchev–Trinajstić information content (AvgIpc) is 2.25. The molecule has 3 N–H and O–H groups in total. The monoisotopic (exact) mass is 215 g/mol. The first-order chi connectivity index (χ1) is 7.19. The average molecular weight is 215 g/mol. The van der Waals surface area contributed by atoms with E-state index in [0.717, 1.165) is 19.5 Å². The second kappa shape index (κ2) is 6.05. The van der Waals surface area contributed by atoms with Crippen molar-refractivity contribution in [2.24, 2.45) is 11.8 Å². The number of methoxy groups -OCH3 is 1. The Balaban J connectivity index is 2.57. The number of hydrogen-bond acceptors (Lipinski definition) is 4. The molecule has 1 aliphatic rings. The van der Waals surface area contributed by atoms with Crippen molar-refractivity contribution < 1.29 is 9.53 Å². The van der Waals surface area contributed by atoms with Crippen LogP contribution < -0.4 is 11.3 Å². The van der Waals surface area contributed by atoms with Gasteiger partial charge in [0, 0.05) is 13.7 Å². The van der Waals surface area contributed by atoms with Crippen LogP contribution in [-0.2, 0) is 9.53 Å². The number of likely N-dealkylation sites (tertiary alicyclic amines) is 1. The van der Waals surface area contributed by atoms with Crippen molar-refractivity contribution in [1.82, 2.24) is 10.3 Å². The topological polar surface area (TPSA) is 67.6 Å². The molecule has 1 rings (SSSR count). The molecule has 1 aliphatic heterocycles. The van der Waals surface area contributed by atoms with Gasteiger partial charge in [0.05, 0.1) is 6.61 Å². The SMILES string of the molecule is COCC(C(=O)NN)N1CCCC(C)C1. The summed E-state index contributed by atoms with van der Waals surface area (Å²) in [7, 11) is 1.60. The molecular weight excluding hydrogens is 194 g/mol. The van der Waals surface area contributed by atoms with Crippen LogP contribution in [0.5, 0.6) is 0 Å². The van der Waals surface area contributed by atoms with Gasteiger partial charge in [0.2, 0.25) is 0 Å². The molecule has 5 nitrogen and oxygen atoms in total. The molecule has 0 radical (unpaired) electrons. The quantitative estimate of drug-likeness (QED) is 0.384. The van der Waals surface area contributed by atoms with E-state index >= 15 is 0 Å². The van der Waals surface area contributed by atoms with Crippen molar-refractivity contribution in [1.29, 1.82) is 0 Å². The van der Waals surface area contributed by atoms with Gasteiger partial charge in [-0.05, 0) is 25.3 Å². The number of nitrogens with zero attached hydrogens (tertiary/aromatic N) is 1. The van der Waals surface area contributed by atoms with Gasteiger partial charge in [0.1, 0.15) is 6.04 Å². The fraction of sp³-hybridized carbons (Fsp3) is 0.900. The van der Waals surface area contributed by atoms with Crippen LogP contribution in [0.2, 0.25) is 0 Å². The molecule has 88 valence electrons. The zero-order valence-electron chi connectivity index (χ0n) is 9.53. The van der Waals surface area contributed by atoms with E-state index < -0.39 is 0 Å². The summed E-state index contributed by atoms with van der Waals surface area (Å²) in [6.45, 7) is 4.50. The van der Waals surface area contributed by atoms with E-state index in [9.17, 15) is 4.79 Å². The lowest BCUT2D eigenvalue weighted by Crippen LogP contribution is -2.53. The predicted molar refractivity (Wildman–Crippen MR) is 58.0 cm³/mol. The van der Waals surface area contributed by atoms with Crippen LogP contribution in [0.4, 0.5) is 0 Å². The lowest BCUT2D eigenvalue weighted by atomic mass is 9.98. The highest BCUT2D eigenvalue weighted by Gasteiger charge is 2.28. The first-order valence-corrected chi connectivity index (χ1v) is 5.42. The molecule has 0 spiro atoms. The summed E-state index contributed by atoms with van der Waals surface area (Å²) in [5, 5.41) is 0. The fourth-order valence-electron chi connectivity index (χ4n) is 2.11. The van der Waals surface area contributed by atoms with Crippen molar-refractivity contribution in [3.8, 4) is 0 Å². The number of piperidine rings is 1. The van der Waals surface area contributed by atoms with E-state index in [1.807, 2.05) is 0 Å². The zero-order chi connectivity index (χ0) is 11.3. The van der Waals surface area contributed by atoms with E-state index in [-0.39, 0.29) is 11.9 Å². The van der Waals surface area contributed by atoms with Crippen molar-refractivity contribution in [3.63, 3.8) is 0 Å². The molecule has 2 unspecified atom stereocenters. The minimum Gasteiger partial charge on any atom is -0.383 e. The van der Waals surface area contributed by atoms with Gasteiger partial charge >= 0.3 is 0 Å². The normalized spacial score (nSPS) is 24.9. The van der Waals surface area contributed by atoms with E-state index in [0.29, 0.717) is 12.5 Å². The summed E-state index contributed by atoms with van der Waals surface area (Å²) in [6, 6.07) is -0.247. The van der Waals surface area contributed by atoms with Crippen LogP contribution in [0.15, 0.2) is 0 Å². The number of nitrogens with two attached hydrogens (primary N) is 1. The molecule has 0 aliphatic carbocycles. The van der Waals surface area contributed by atoms with Crippen LogP contribution in [0, 0.1) is 5.92 Å². The second-order valence-corrected chi connectivity index (χ2v) is 4.22. The van der Waals surface area contributed by atoms with E-state index in [4.69, 9.17) is 10.6 Å². The van der Waals surface area contributed by atoms with Crippen LogP contribution in [0.1, 0.15) is 19.8 Å². The van der Waals surface area contributed by atoms with Crippen molar-refractivity contribution in [2.75, 3.05) is 26.8 Å². The lowest BCUT2D eigenvalue weighted by Gasteiger charge is -2.35. The first-order valence-electron chi connectivity index (χ1n) is 5.42. The first kappa shape index (κ1) is 12.4. The smallest absolute Gasteiger partial charge is 0.253 e. The molecule has 1 amide bonds. The molecule has 0 aromatic carbocycles. The lowest BCUT2D eigenvalue weighted by molar-refractivity contribution is -0.129. The molecule has 0 saturated carbocycles. The fourth-order valence-corrected chi connectivity index (χ4v) is 2.11. The van der Waals surface area contributed by atoms with Gasteiger partial charge in [-0.15, -0.1) is 0 Å². The molecule has 5 heteroatoms. The molecule has 1 heterocycles. The Labute approximate surface area is 90.9 Å². The Morgan fingerprint density at radius 2 is 2.47 bits per heavy atom. The molecule has 0 bridgehead atoms. The van der Waals surface area contributed by atoms with Gasteiger partial charge < -0.3 is 4.74 Å². The number of nitrogens with one attached hydrogen (secondary N) is 1. The summed E-state index contributed by atoms with van der Waals surface area (Å²) in [4.78, 5) is 13.7. The summed E-state index contributed by atoms with van der Waals surface area (Å²) in [5.41, 5.74) is 2.20. The van der Waals surface area contributed by atoms with E-state index in [1.54, 1.807) is 7.11 Å². The minimum absolute atomic E-state index is 0.161. The van der Waals surface area contributed by atoms with E-state index in [2.05, 4.69) is 17.2 Å². The van der Waals surface area contributed by atoms with E-state index in [1.165, 1.54) is 6.42 Å². The van der Waals surface area contributed by atoms with Gasteiger partial charge in [0.25, 0.3) is 5.91 Å². The largest absolute Gasteiger partial charge is 0.383 e. The van der Waals surface area contributed by atoms with Gasteiger partial charge in [0.15, 0.2) is 0 Å². The molecule has 0 aromatic heterocycles. The number of carbonyl (C=O) groups is 1. The highest BCUT2D eigenvalue weighted by Crippen LogP contribution is 2.17. The standard InChI is InChI=1S/C10H21N3O2/c1-8-4-3-5-13(6-8)9(7-15-2)10(14)12-11/h8-9H,3-7,11H2,1-2H3,(H,12,14). The number of ether oxygens (including phenoxy) is 1. The predicted octanol–water partition coefficient (Wildman–Crippen LogP) is -0.277. The van der Waals surface area contributed by atoms with Crippen LogP contribution >= 0.6 is 0 Å². The Hall–Kier alpha value is -0.650. The Morgan fingerprint density at radius 1 is 1.73 bits per heavy atom. The third kappa shape index (κ3) is 3.44. The minimum atomic E-state index is -0.247. The van der Waals surface area contributed by atoms with Gasteiger partial charge in [-0.3, -0.25) is 15.1 Å². The molecular formula is C10H21N3O2. The maximum atomic E-state index is 11.6. The van der Waals surface area contributed by atoms with Crippen LogP contribution in [0.3, 0.4) is 0 Å². The zero-order valence-corrected chi connectivity index (χ0v) is 9.53. The Bertz CT molecular complexity index is 211. The highest BCUT2D eigenvalue weighted by molar-refractivity contribution is 5.81. The molecule has 15 heavy (non-hydrogen) atoms. The summed E-state index contributed by atoms with van der Waals surface area (Å²) >= 11 is 0. The maximum absolute atomic E-state index is 11.6. The Kier molecular flexibility index (Phi) is 5.01. The molecule has 0 aromatic rings. The third-order valence-corrected chi connectivity index (χ3v) is 2.90. The summed E-state index contributed by atoms with van der Waals surface area (Å²) in [6.07, 6.45) is 2.37. The van der Waals surface area contributed by atoms with Crippen LogP contribution in [-0.4, -0.2) is 43.7 Å². The molecule has 1 saturated heterocycles. The number of amides is 1. The van der Waals surface area contributed by atoms with Crippen LogP contribution in [0.25, 0.3) is 0 Å². The van der Waals surface area contributed by atoms with Gasteiger partial charge in [-0.1, -0.05) is 6.92 Å². The second-order valence-electron chi connectivity index (χ2n) is 4.22. The third-order valence-electron chi connectivity index (χ3n) is 2.90. The highest BCUT2D eigenvalue weighted by atomic mass is 16.5. The van der Waals surface area contributed by atoms with Crippen molar-refractivity contribution in [3.05, 3.63) is 0 Å². The van der Waals surface area contributed by atoms with Crippen molar-refractivity contribution >= 4 is 5.91 Å². The number of hydrogen-bond donors (Lipinski definition) is 2. The van der Waals surface area contributed by atoms with Gasteiger partial charge in [-0.25, -0.2) is 5.84 Å². The summed E-state index contributed by atoms with van der Waals surface area (Å²) < 4.78 is 5.06. The van der Waals surface area contributed by atoms with Crippen molar-refractivity contribution in [2.45, 2.75) is 25.8 Å². The number of carbonyl (C=O) groups excluding carboxylic acids is 1. The van der Waals surface area contributed by atoms with Gasteiger partial charge in [-0.2, -0.15) is 0 Å². The summed E-state index contributed by atoms with van der Waals surface area (Å²) in [5.74, 6) is 5.64. The maximum Gasteiger partial charge on any atom is 0.253 e. The Morgan fingerprint density at radius 3 is 3.00 bits per heavy atom. The number of hydrazine groups is 1. The number of rotatable bonds is 4.